The third kappa shape index (κ3) is 4.61. The summed E-state index contributed by atoms with van der Waals surface area (Å²) in [6, 6.07) is 13.1. The molecular weight excluding hydrogens is 450 g/mol. The van der Waals surface area contributed by atoms with E-state index in [2.05, 4.69) is 22.8 Å². The van der Waals surface area contributed by atoms with Crippen molar-refractivity contribution in [1.82, 2.24) is 9.62 Å². The van der Waals surface area contributed by atoms with Crippen molar-refractivity contribution in [3.05, 3.63) is 59.2 Å². The summed E-state index contributed by atoms with van der Waals surface area (Å²) in [5.74, 6) is -0.469. The largest absolute Gasteiger partial charge is 0.349 e. The van der Waals surface area contributed by atoms with Crippen LogP contribution in [0.5, 0.6) is 0 Å². The molecule has 0 spiro atoms. The average molecular weight is 482 g/mol. The van der Waals surface area contributed by atoms with E-state index in [-0.39, 0.29) is 35.2 Å². The maximum absolute atomic E-state index is 13.5. The molecule has 0 saturated carbocycles. The van der Waals surface area contributed by atoms with Crippen molar-refractivity contribution in [2.45, 2.75) is 62.3 Å². The summed E-state index contributed by atoms with van der Waals surface area (Å²) >= 11 is 0. The van der Waals surface area contributed by atoms with E-state index in [4.69, 9.17) is 0 Å². The van der Waals surface area contributed by atoms with Crippen LogP contribution in [0.4, 0.5) is 5.69 Å². The van der Waals surface area contributed by atoms with Gasteiger partial charge in [-0.2, -0.15) is 4.31 Å². The van der Waals surface area contributed by atoms with Gasteiger partial charge in [-0.1, -0.05) is 24.3 Å². The first-order chi connectivity index (χ1) is 16.4. The van der Waals surface area contributed by atoms with Gasteiger partial charge in [0.2, 0.25) is 21.8 Å². The van der Waals surface area contributed by atoms with Crippen molar-refractivity contribution < 1.29 is 18.0 Å². The van der Waals surface area contributed by atoms with E-state index < -0.39 is 10.0 Å². The summed E-state index contributed by atoms with van der Waals surface area (Å²) < 4.78 is 28.4. The van der Waals surface area contributed by atoms with Crippen LogP contribution in [0.1, 0.15) is 61.3 Å². The number of carbonyl (C=O) groups excluding carboxylic acids is 2. The topological polar surface area (TPSA) is 95.6 Å². The third-order valence-electron chi connectivity index (χ3n) is 7.28. The maximum atomic E-state index is 13.5. The van der Waals surface area contributed by atoms with Gasteiger partial charge in [0.15, 0.2) is 0 Å². The highest BCUT2D eigenvalue weighted by atomic mass is 32.2. The number of anilines is 1. The van der Waals surface area contributed by atoms with E-state index in [0.717, 1.165) is 24.8 Å². The van der Waals surface area contributed by atoms with Gasteiger partial charge >= 0.3 is 0 Å². The molecule has 2 atom stereocenters. The molecule has 1 fully saturated rings. The fourth-order valence-corrected chi connectivity index (χ4v) is 7.00. The fourth-order valence-electron chi connectivity index (χ4n) is 5.43. The Balaban J connectivity index is 1.30. The molecule has 2 N–H and O–H groups in total. The summed E-state index contributed by atoms with van der Waals surface area (Å²) in [5.41, 5.74) is 3.99. The van der Waals surface area contributed by atoms with Crippen molar-refractivity contribution in [3.63, 3.8) is 0 Å². The zero-order valence-electron chi connectivity index (χ0n) is 19.3. The molecule has 0 radical (unpaired) electrons. The molecule has 1 aliphatic carbocycles. The highest BCUT2D eigenvalue weighted by Gasteiger charge is 2.35. The first kappa shape index (κ1) is 23.1. The number of hydrogen-bond donors (Lipinski definition) is 2. The molecule has 0 bridgehead atoms. The van der Waals surface area contributed by atoms with Gasteiger partial charge in [-0.15, -0.1) is 0 Å². The Morgan fingerprint density at radius 1 is 0.971 bits per heavy atom. The number of carbonyl (C=O) groups is 2. The minimum Gasteiger partial charge on any atom is -0.349 e. The molecule has 2 aliphatic heterocycles. The van der Waals surface area contributed by atoms with Crippen molar-refractivity contribution in [1.29, 1.82) is 0 Å². The number of sulfonamides is 1. The van der Waals surface area contributed by atoms with Crippen LogP contribution in [-0.2, 0) is 32.5 Å². The first-order valence-electron chi connectivity index (χ1n) is 12.2. The highest BCUT2D eigenvalue weighted by molar-refractivity contribution is 7.89. The quantitative estimate of drug-likeness (QED) is 0.698. The normalized spacial score (nSPS) is 23.2. The lowest BCUT2D eigenvalue weighted by molar-refractivity contribution is -0.127. The molecule has 2 heterocycles. The summed E-state index contributed by atoms with van der Waals surface area (Å²) in [7, 11) is -3.73. The van der Waals surface area contributed by atoms with Crippen molar-refractivity contribution >= 4 is 27.5 Å². The summed E-state index contributed by atoms with van der Waals surface area (Å²) in [6.07, 6.45) is 6.09. The van der Waals surface area contributed by atoms with E-state index in [1.165, 1.54) is 15.4 Å². The maximum Gasteiger partial charge on any atom is 0.243 e. The molecule has 2 aromatic carbocycles. The van der Waals surface area contributed by atoms with Gasteiger partial charge in [0, 0.05) is 25.2 Å². The lowest BCUT2D eigenvalue weighted by Gasteiger charge is -2.33. The molecule has 5 rings (SSSR count). The lowest BCUT2D eigenvalue weighted by atomic mass is 9.87. The number of rotatable bonds is 4. The number of hydrogen-bond acceptors (Lipinski definition) is 4. The molecule has 2 amide bonds. The number of nitrogens with zero attached hydrogens (tertiary/aromatic N) is 1. The van der Waals surface area contributed by atoms with Crippen molar-refractivity contribution in [2.75, 3.05) is 18.4 Å². The van der Waals surface area contributed by atoms with Gasteiger partial charge in [0.1, 0.15) is 0 Å². The second kappa shape index (κ2) is 9.50. The van der Waals surface area contributed by atoms with E-state index in [1.54, 1.807) is 18.2 Å². The molecular formula is C26H31N3O4S. The number of amides is 2. The monoisotopic (exact) mass is 481 g/mol. The summed E-state index contributed by atoms with van der Waals surface area (Å²) in [4.78, 5) is 25.2. The number of fused-ring (bicyclic) bond motifs is 2. The molecule has 180 valence electrons. The Morgan fingerprint density at radius 3 is 2.68 bits per heavy atom. The van der Waals surface area contributed by atoms with Gasteiger partial charge in [-0.3, -0.25) is 9.59 Å². The van der Waals surface area contributed by atoms with Crippen LogP contribution in [0.25, 0.3) is 0 Å². The van der Waals surface area contributed by atoms with Crippen molar-refractivity contribution in [3.8, 4) is 0 Å². The van der Waals surface area contributed by atoms with Crippen molar-refractivity contribution in [2.24, 2.45) is 5.92 Å². The molecule has 7 nitrogen and oxygen atoms in total. The smallest absolute Gasteiger partial charge is 0.243 e. The molecule has 2 aromatic rings. The van der Waals surface area contributed by atoms with Crippen LogP contribution in [0.15, 0.2) is 47.4 Å². The Bertz CT molecular complexity index is 1210. The van der Waals surface area contributed by atoms with E-state index in [0.29, 0.717) is 44.3 Å². The Kier molecular flexibility index (Phi) is 6.44. The molecule has 3 aliphatic rings. The lowest BCUT2D eigenvalue weighted by Crippen LogP contribution is -2.46. The first-order valence-corrected chi connectivity index (χ1v) is 13.7. The predicted octanol–water partition coefficient (Wildman–Crippen LogP) is 3.56. The van der Waals surface area contributed by atoms with Crippen LogP contribution in [0.3, 0.4) is 0 Å². The van der Waals surface area contributed by atoms with Crippen LogP contribution in [-0.4, -0.2) is 37.6 Å². The van der Waals surface area contributed by atoms with Crippen LogP contribution < -0.4 is 10.6 Å². The van der Waals surface area contributed by atoms with Gasteiger partial charge < -0.3 is 10.6 Å². The van der Waals surface area contributed by atoms with Gasteiger partial charge in [0.05, 0.1) is 16.9 Å². The van der Waals surface area contributed by atoms with E-state index >= 15 is 0 Å². The standard InChI is InChI=1S/C26H31N3O4S/c30-25-12-4-8-19-16-21(13-14-23(19)27-25)34(32,33)29-15-5-9-20(17-29)26(31)28-24-11-3-7-18-6-1-2-10-22(18)24/h1-2,6,10,13-14,16,20,24H,3-5,7-9,11-12,15,17H2,(H,27,30)(H,28,31). The van der Waals surface area contributed by atoms with Crippen LogP contribution in [0, 0.1) is 5.92 Å². The van der Waals surface area contributed by atoms with E-state index in [9.17, 15) is 18.0 Å². The molecule has 34 heavy (non-hydrogen) atoms. The van der Waals surface area contributed by atoms with Crippen LogP contribution in [0.2, 0.25) is 0 Å². The summed E-state index contributed by atoms with van der Waals surface area (Å²) in [5, 5.41) is 6.06. The average Bonchev–Trinajstić information content (AvgIpc) is 3.04. The van der Waals surface area contributed by atoms with Gasteiger partial charge in [-0.05, 0) is 79.8 Å². The van der Waals surface area contributed by atoms with E-state index in [1.807, 2.05) is 12.1 Å². The minimum absolute atomic E-state index is 0.00998. The summed E-state index contributed by atoms with van der Waals surface area (Å²) in [6.45, 7) is 0.600. The Hall–Kier alpha value is -2.71. The fraction of sp³-hybridized carbons (Fsp3) is 0.462. The predicted molar refractivity (Wildman–Crippen MR) is 130 cm³/mol. The van der Waals surface area contributed by atoms with Gasteiger partial charge in [-0.25, -0.2) is 8.42 Å². The second-order valence-electron chi connectivity index (χ2n) is 9.58. The zero-order valence-corrected chi connectivity index (χ0v) is 20.1. The molecule has 2 unspecified atom stereocenters. The minimum atomic E-state index is -3.73. The molecule has 0 aromatic heterocycles. The zero-order chi connectivity index (χ0) is 23.7. The molecule has 1 saturated heterocycles. The number of aryl methyl sites for hydroxylation is 2. The highest BCUT2D eigenvalue weighted by Crippen LogP contribution is 2.32. The third-order valence-corrected chi connectivity index (χ3v) is 9.14. The molecule has 8 heteroatoms. The SMILES string of the molecule is O=C1CCCc2cc(S(=O)(=O)N3CCCC(C(=O)NC4CCCc5ccccc54)C3)ccc2N1. The number of benzene rings is 2. The second-order valence-corrected chi connectivity index (χ2v) is 11.5. The van der Waals surface area contributed by atoms with Crippen LogP contribution >= 0.6 is 0 Å². The Labute approximate surface area is 201 Å². The Morgan fingerprint density at radius 2 is 1.79 bits per heavy atom. The number of nitrogens with one attached hydrogen (secondary N) is 2. The van der Waals surface area contributed by atoms with Gasteiger partial charge in [0.25, 0.3) is 0 Å². The number of piperidine rings is 1.